The fourth-order valence-electron chi connectivity index (χ4n) is 3.07. The number of aromatic nitrogens is 3. The summed E-state index contributed by atoms with van der Waals surface area (Å²) in [6.07, 6.45) is 0. The van der Waals surface area contributed by atoms with Crippen LogP contribution in [0.4, 0.5) is 11.4 Å². The van der Waals surface area contributed by atoms with Crippen molar-refractivity contribution in [2.24, 2.45) is 0 Å². The van der Waals surface area contributed by atoms with Crippen LogP contribution < -0.4 is 10.1 Å². The summed E-state index contributed by atoms with van der Waals surface area (Å²) in [5.74, 6) is 0.594. The zero-order valence-electron chi connectivity index (χ0n) is 16.4. The van der Waals surface area contributed by atoms with Gasteiger partial charge >= 0.3 is 5.69 Å². The first kappa shape index (κ1) is 19.8. The van der Waals surface area contributed by atoms with Crippen molar-refractivity contribution in [1.82, 2.24) is 15.2 Å². The van der Waals surface area contributed by atoms with Crippen LogP contribution in [-0.4, -0.2) is 33.1 Å². The molecule has 0 saturated heterocycles. The quantitative estimate of drug-likeness (QED) is 0.357. The van der Waals surface area contributed by atoms with E-state index in [1.54, 1.807) is 18.2 Å². The number of nitro benzene ring substituents is 1. The number of benzene rings is 3. The Morgan fingerprint density at radius 2 is 1.81 bits per heavy atom. The average molecular weight is 415 g/mol. The Morgan fingerprint density at radius 3 is 2.55 bits per heavy atom. The summed E-state index contributed by atoms with van der Waals surface area (Å²) in [5, 5.41) is 21.2. The first-order chi connectivity index (χ1) is 15.1. The molecular formula is C22H17N5O4. The Hall–Kier alpha value is -4.53. The molecule has 1 heterocycles. The number of methoxy groups -OCH3 is 1. The van der Waals surface area contributed by atoms with Crippen LogP contribution in [0.25, 0.3) is 22.8 Å². The van der Waals surface area contributed by atoms with E-state index < -0.39 is 10.8 Å². The lowest BCUT2D eigenvalue weighted by Gasteiger charge is -2.10. The number of carbonyl (C=O) groups is 1. The van der Waals surface area contributed by atoms with Crippen molar-refractivity contribution >= 4 is 17.3 Å². The predicted molar refractivity (Wildman–Crippen MR) is 115 cm³/mol. The summed E-state index contributed by atoms with van der Waals surface area (Å²) in [5.41, 5.74) is 1.82. The summed E-state index contributed by atoms with van der Waals surface area (Å²) in [4.78, 5) is 28.0. The average Bonchev–Trinajstić information content (AvgIpc) is 3.29. The van der Waals surface area contributed by atoms with E-state index in [1.807, 2.05) is 36.4 Å². The summed E-state index contributed by atoms with van der Waals surface area (Å²) < 4.78 is 4.98. The minimum absolute atomic E-state index is 0.0806. The highest BCUT2D eigenvalue weighted by Crippen LogP contribution is 2.30. The Kier molecular flexibility index (Phi) is 5.39. The van der Waals surface area contributed by atoms with Gasteiger partial charge in [0.15, 0.2) is 17.4 Å². The molecule has 1 aromatic heterocycles. The van der Waals surface area contributed by atoms with Crippen LogP contribution in [0.3, 0.4) is 0 Å². The minimum Gasteiger partial charge on any atom is -0.490 e. The van der Waals surface area contributed by atoms with E-state index in [0.717, 1.165) is 5.56 Å². The number of hydrogen-bond donors (Lipinski definition) is 2. The number of carbonyl (C=O) groups excluding carboxylic acids is 1. The molecule has 9 heteroatoms. The topological polar surface area (TPSA) is 123 Å². The number of aromatic amines is 1. The van der Waals surface area contributed by atoms with Gasteiger partial charge in [-0.25, -0.2) is 4.98 Å². The third-order valence-electron chi connectivity index (χ3n) is 4.59. The Labute approximate surface area is 176 Å². The van der Waals surface area contributed by atoms with Crippen molar-refractivity contribution in [2.45, 2.75) is 0 Å². The molecule has 0 aliphatic heterocycles. The Morgan fingerprint density at radius 1 is 1.06 bits per heavy atom. The van der Waals surface area contributed by atoms with Crippen LogP contribution in [0, 0.1) is 10.1 Å². The molecule has 31 heavy (non-hydrogen) atoms. The highest BCUT2D eigenvalue weighted by molar-refractivity contribution is 6.06. The second-order valence-electron chi connectivity index (χ2n) is 6.52. The SMILES string of the molecule is COc1ccc(C(=O)Nc2ccccc2-c2nc(-c3ccccc3)n[nH]2)cc1[N+](=O)[O-]. The molecule has 4 aromatic rings. The summed E-state index contributed by atoms with van der Waals surface area (Å²) in [7, 11) is 1.33. The van der Waals surface area contributed by atoms with Gasteiger partial charge in [-0.2, -0.15) is 5.10 Å². The van der Waals surface area contributed by atoms with Gasteiger partial charge in [-0.3, -0.25) is 20.0 Å². The number of H-pyrrole nitrogens is 1. The minimum atomic E-state index is -0.594. The van der Waals surface area contributed by atoms with Gasteiger partial charge < -0.3 is 10.1 Å². The number of nitrogens with one attached hydrogen (secondary N) is 2. The van der Waals surface area contributed by atoms with Crippen LogP contribution >= 0.6 is 0 Å². The molecule has 0 aliphatic carbocycles. The first-order valence-corrected chi connectivity index (χ1v) is 9.28. The zero-order chi connectivity index (χ0) is 21.8. The molecule has 0 unspecified atom stereocenters. The molecule has 1 amide bonds. The summed E-state index contributed by atoms with van der Waals surface area (Å²) >= 11 is 0. The first-order valence-electron chi connectivity index (χ1n) is 9.28. The summed E-state index contributed by atoms with van der Waals surface area (Å²) in [6, 6.07) is 20.6. The molecule has 154 valence electrons. The Balaban J connectivity index is 1.63. The third kappa shape index (κ3) is 4.10. The lowest BCUT2D eigenvalue weighted by molar-refractivity contribution is -0.385. The molecule has 0 radical (unpaired) electrons. The number of nitro groups is 1. The van der Waals surface area contributed by atoms with Crippen molar-refractivity contribution in [3.63, 3.8) is 0 Å². The highest BCUT2D eigenvalue weighted by atomic mass is 16.6. The molecule has 9 nitrogen and oxygen atoms in total. The van der Waals surface area contributed by atoms with Crippen molar-refractivity contribution in [1.29, 1.82) is 0 Å². The maximum Gasteiger partial charge on any atom is 0.311 e. The normalized spacial score (nSPS) is 10.5. The van der Waals surface area contributed by atoms with E-state index in [0.29, 0.717) is 22.9 Å². The number of ether oxygens (including phenoxy) is 1. The van der Waals surface area contributed by atoms with Crippen LogP contribution in [0.1, 0.15) is 10.4 Å². The van der Waals surface area contributed by atoms with Crippen molar-refractivity contribution in [3.05, 3.63) is 88.5 Å². The largest absolute Gasteiger partial charge is 0.490 e. The molecule has 0 spiro atoms. The number of rotatable bonds is 6. The third-order valence-corrected chi connectivity index (χ3v) is 4.59. The van der Waals surface area contributed by atoms with Gasteiger partial charge in [-0.05, 0) is 24.3 Å². The van der Waals surface area contributed by atoms with E-state index in [1.165, 1.54) is 25.3 Å². The molecule has 3 aromatic carbocycles. The van der Waals surface area contributed by atoms with Gasteiger partial charge in [0.1, 0.15) is 0 Å². The second-order valence-corrected chi connectivity index (χ2v) is 6.52. The van der Waals surface area contributed by atoms with Crippen molar-refractivity contribution in [2.75, 3.05) is 12.4 Å². The smallest absolute Gasteiger partial charge is 0.311 e. The molecule has 0 saturated carbocycles. The number of nitrogens with zero attached hydrogens (tertiary/aromatic N) is 3. The predicted octanol–water partition coefficient (Wildman–Crippen LogP) is 4.31. The van der Waals surface area contributed by atoms with Gasteiger partial charge in [0.25, 0.3) is 5.91 Å². The fourth-order valence-corrected chi connectivity index (χ4v) is 3.07. The standard InChI is InChI=1S/C22H17N5O4/c1-31-19-12-11-15(13-18(19)27(29)30)22(28)23-17-10-6-5-9-16(17)21-24-20(25-26-21)14-7-3-2-4-8-14/h2-13H,1H3,(H,23,28)(H,24,25,26). The van der Waals surface area contributed by atoms with Crippen LogP contribution in [0.5, 0.6) is 5.75 Å². The molecule has 0 bridgehead atoms. The molecule has 0 aliphatic rings. The monoisotopic (exact) mass is 415 g/mol. The van der Waals surface area contributed by atoms with E-state index in [-0.39, 0.29) is 17.0 Å². The summed E-state index contributed by atoms with van der Waals surface area (Å²) in [6.45, 7) is 0. The number of amides is 1. The second kappa shape index (κ2) is 8.46. The van der Waals surface area contributed by atoms with Gasteiger partial charge in [-0.1, -0.05) is 42.5 Å². The highest BCUT2D eigenvalue weighted by Gasteiger charge is 2.19. The van der Waals surface area contributed by atoms with E-state index in [2.05, 4.69) is 20.5 Å². The lowest BCUT2D eigenvalue weighted by Crippen LogP contribution is -2.13. The molecule has 0 fully saturated rings. The van der Waals surface area contributed by atoms with Gasteiger partial charge in [0, 0.05) is 22.8 Å². The van der Waals surface area contributed by atoms with Gasteiger partial charge in [0.2, 0.25) is 0 Å². The maximum atomic E-state index is 12.8. The van der Waals surface area contributed by atoms with E-state index >= 15 is 0 Å². The number of anilines is 1. The molecular weight excluding hydrogens is 398 g/mol. The van der Waals surface area contributed by atoms with Crippen LogP contribution in [-0.2, 0) is 0 Å². The zero-order valence-corrected chi connectivity index (χ0v) is 16.4. The molecule has 0 atom stereocenters. The maximum absolute atomic E-state index is 12.8. The molecule has 2 N–H and O–H groups in total. The number of para-hydroxylation sites is 1. The van der Waals surface area contributed by atoms with Crippen molar-refractivity contribution in [3.8, 4) is 28.5 Å². The van der Waals surface area contributed by atoms with Crippen LogP contribution in [0.2, 0.25) is 0 Å². The van der Waals surface area contributed by atoms with Gasteiger partial charge in [-0.15, -0.1) is 0 Å². The van der Waals surface area contributed by atoms with Gasteiger partial charge in [0.05, 0.1) is 17.7 Å². The Bertz CT molecular complexity index is 1250. The van der Waals surface area contributed by atoms with E-state index in [4.69, 9.17) is 4.74 Å². The van der Waals surface area contributed by atoms with E-state index in [9.17, 15) is 14.9 Å². The number of hydrogen-bond acceptors (Lipinski definition) is 6. The van der Waals surface area contributed by atoms with Crippen LogP contribution in [0.15, 0.2) is 72.8 Å². The fraction of sp³-hybridized carbons (Fsp3) is 0.0455. The van der Waals surface area contributed by atoms with Crippen molar-refractivity contribution < 1.29 is 14.5 Å². The molecule has 4 rings (SSSR count). The lowest BCUT2D eigenvalue weighted by atomic mass is 10.1.